The Bertz CT molecular complexity index is 513. The van der Waals surface area contributed by atoms with E-state index in [0.717, 1.165) is 11.9 Å². The second-order valence-corrected chi connectivity index (χ2v) is 6.50. The van der Waals surface area contributed by atoms with E-state index in [9.17, 15) is 13.2 Å². The van der Waals surface area contributed by atoms with E-state index in [4.69, 9.17) is 0 Å². The number of hydrogen-bond acceptors (Lipinski definition) is 7. The van der Waals surface area contributed by atoms with Gasteiger partial charge in [0.1, 0.15) is 0 Å². The molecule has 0 aliphatic rings. The van der Waals surface area contributed by atoms with Crippen LogP contribution in [0.3, 0.4) is 0 Å². The van der Waals surface area contributed by atoms with Gasteiger partial charge in [-0.3, -0.25) is 4.79 Å². The smallest absolute Gasteiger partial charge is 0.305 e. The van der Waals surface area contributed by atoms with Crippen molar-refractivity contribution < 1.29 is 17.9 Å². The summed E-state index contributed by atoms with van der Waals surface area (Å²) in [6.07, 6.45) is 1.95. The second-order valence-electron chi connectivity index (χ2n) is 3.81. The molecular formula is C10H17N3O4S2. The van der Waals surface area contributed by atoms with Gasteiger partial charge in [-0.25, -0.2) is 18.1 Å². The van der Waals surface area contributed by atoms with Gasteiger partial charge in [0.25, 0.3) is 0 Å². The van der Waals surface area contributed by atoms with Gasteiger partial charge >= 0.3 is 5.97 Å². The largest absolute Gasteiger partial charge is 0.469 e. The van der Waals surface area contributed by atoms with Crippen molar-refractivity contribution in [3.05, 3.63) is 11.1 Å². The van der Waals surface area contributed by atoms with Crippen molar-refractivity contribution in [3.63, 3.8) is 0 Å². The molecule has 0 saturated heterocycles. The number of rotatable bonds is 8. The van der Waals surface area contributed by atoms with Gasteiger partial charge in [0.2, 0.25) is 10.0 Å². The van der Waals surface area contributed by atoms with E-state index >= 15 is 0 Å². The molecule has 19 heavy (non-hydrogen) atoms. The zero-order valence-electron chi connectivity index (χ0n) is 10.8. The Labute approximate surface area is 116 Å². The van der Waals surface area contributed by atoms with Crippen molar-refractivity contribution >= 4 is 32.5 Å². The number of carbonyl (C=O) groups excluding carboxylic acids is 1. The maximum atomic E-state index is 11.0. The molecule has 2 N–H and O–H groups in total. The van der Waals surface area contributed by atoms with Crippen LogP contribution in [0.5, 0.6) is 0 Å². The molecule has 1 aromatic rings. The summed E-state index contributed by atoms with van der Waals surface area (Å²) in [6.45, 7) is 0.757. The molecule has 0 fully saturated rings. The molecule has 1 rings (SSSR count). The predicted octanol–water partition coefficient (Wildman–Crippen LogP) is 0.210. The highest BCUT2D eigenvalue weighted by molar-refractivity contribution is 7.88. The lowest BCUT2D eigenvalue weighted by Crippen LogP contribution is -2.27. The highest BCUT2D eigenvalue weighted by Crippen LogP contribution is 2.16. The summed E-state index contributed by atoms with van der Waals surface area (Å²) in [5, 5.41) is 5.56. The second kappa shape index (κ2) is 7.41. The third-order valence-electron chi connectivity index (χ3n) is 2.13. The van der Waals surface area contributed by atoms with Crippen LogP contribution in [-0.2, 0) is 26.0 Å². The first-order valence-electron chi connectivity index (χ1n) is 5.60. The number of thiazole rings is 1. The van der Waals surface area contributed by atoms with Crippen LogP contribution < -0.4 is 10.0 Å². The Morgan fingerprint density at radius 3 is 2.84 bits per heavy atom. The van der Waals surface area contributed by atoms with Gasteiger partial charge in [-0.2, -0.15) is 0 Å². The van der Waals surface area contributed by atoms with Crippen LogP contribution in [-0.4, -0.2) is 45.8 Å². The minimum Gasteiger partial charge on any atom is -0.469 e. The lowest BCUT2D eigenvalue weighted by atomic mass is 10.2. The molecule has 0 aliphatic heterocycles. The molecule has 0 bridgehead atoms. The molecule has 0 aliphatic carbocycles. The summed E-state index contributed by atoms with van der Waals surface area (Å²) in [7, 11) is -1.80. The molecule has 9 heteroatoms. The molecule has 1 aromatic heterocycles. The average Bonchev–Trinajstić information content (AvgIpc) is 2.78. The van der Waals surface area contributed by atoms with E-state index in [2.05, 4.69) is 19.8 Å². The van der Waals surface area contributed by atoms with Crippen molar-refractivity contribution in [2.45, 2.75) is 12.8 Å². The number of ether oxygens (including phenoxy) is 1. The van der Waals surface area contributed by atoms with E-state index in [-0.39, 0.29) is 5.97 Å². The molecule has 0 spiro atoms. The lowest BCUT2D eigenvalue weighted by molar-refractivity contribution is -0.140. The van der Waals surface area contributed by atoms with Gasteiger partial charge in [-0.15, -0.1) is 11.3 Å². The van der Waals surface area contributed by atoms with Crippen molar-refractivity contribution in [2.75, 3.05) is 31.8 Å². The fourth-order valence-corrected chi connectivity index (χ4v) is 2.49. The zero-order valence-corrected chi connectivity index (χ0v) is 12.4. The fraction of sp³-hybridized carbons (Fsp3) is 0.600. The van der Waals surface area contributed by atoms with Crippen LogP contribution in [0, 0.1) is 0 Å². The number of aryl methyl sites for hydroxylation is 1. The Morgan fingerprint density at radius 2 is 2.21 bits per heavy atom. The third-order valence-corrected chi connectivity index (χ3v) is 3.71. The van der Waals surface area contributed by atoms with Crippen molar-refractivity contribution in [2.24, 2.45) is 0 Å². The minimum atomic E-state index is -3.15. The summed E-state index contributed by atoms with van der Waals surface area (Å²) in [5.41, 5.74) is 0.814. The normalized spacial score (nSPS) is 11.3. The summed E-state index contributed by atoms with van der Waals surface area (Å²) in [4.78, 5) is 15.2. The highest BCUT2D eigenvalue weighted by atomic mass is 32.2. The van der Waals surface area contributed by atoms with E-state index in [0.29, 0.717) is 31.1 Å². The van der Waals surface area contributed by atoms with Crippen LogP contribution in [0.1, 0.15) is 12.1 Å². The molecule has 0 saturated carbocycles. The number of hydrogen-bond donors (Lipinski definition) is 2. The minimum absolute atomic E-state index is 0.264. The Hall–Kier alpha value is -1.19. The molecule has 0 unspecified atom stereocenters. The standard InChI is InChI=1S/C10H17N3O4S2/c1-17-9(14)4-3-8-7-18-10(13-8)11-5-6-12-19(2,15)16/h7,12H,3-6H2,1-2H3,(H,11,13). The monoisotopic (exact) mass is 307 g/mol. The van der Waals surface area contributed by atoms with Crippen LogP contribution >= 0.6 is 11.3 Å². The number of aromatic nitrogens is 1. The number of esters is 1. The average molecular weight is 307 g/mol. The molecule has 1 heterocycles. The van der Waals surface area contributed by atoms with Crippen LogP contribution in [0.4, 0.5) is 5.13 Å². The Balaban J connectivity index is 2.29. The zero-order chi connectivity index (χ0) is 14.3. The SMILES string of the molecule is COC(=O)CCc1csc(NCCNS(C)(=O)=O)n1. The van der Waals surface area contributed by atoms with E-state index in [1.807, 2.05) is 5.38 Å². The van der Waals surface area contributed by atoms with E-state index < -0.39 is 10.0 Å². The maximum absolute atomic E-state index is 11.0. The Morgan fingerprint density at radius 1 is 1.47 bits per heavy atom. The predicted molar refractivity (Wildman–Crippen MR) is 73.8 cm³/mol. The van der Waals surface area contributed by atoms with Gasteiger partial charge < -0.3 is 10.1 Å². The van der Waals surface area contributed by atoms with Crippen molar-refractivity contribution in [3.8, 4) is 0 Å². The molecule has 0 atom stereocenters. The molecule has 7 nitrogen and oxygen atoms in total. The number of nitrogens with zero attached hydrogens (tertiary/aromatic N) is 1. The summed E-state index contributed by atoms with van der Waals surface area (Å²) in [6, 6.07) is 0. The molecular weight excluding hydrogens is 290 g/mol. The first kappa shape index (κ1) is 15.9. The summed E-state index contributed by atoms with van der Waals surface area (Å²) < 4.78 is 28.6. The molecule has 0 radical (unpaired) electrons. The van der Waals surface area contributed by atoms with E-state index in [1.54, 1.807) is 0 Å². The van der Waals surface area contributed by atoms with Crippen molar-refractivity contribution in [1.82, 2.24) is 9.71 Å². The fourth-order valence-electron chi connectivity index (χ4n) is 1.24. The number of carbonyl (C=O) groups is 1. The topological polar surface area (TPSA) is 97.4 Å². The molecule has 0 aromatic carbocycles. The summed E-state index contributed by atoms with van der Waals surface area (Å²) in [5.74, 6) is -0.264. The van der Waals surface area contributed by atoms with Crippen molar-refractivity contribution in [1.29, 1.82) is 0 Å². The Kier molecular flexibility index (Phi) is 6.19. The third kappa shape index (κ3) is 7.09. The van der Waals surface area contributed by atoms with E-state index in [1.165, 1.54) is 18.4 Å². The van der Waals surface area contributed by atoms with Crippen LogP contribution in [0.15, 0.2) is 5.38 Å². The maximum Gasteiger partial charge on any atom is 0.305 e. The van der Waals surface area contributed by atoms with Gasteiger partial charge in [-0.1, -0.05) is 0 Å². The van der Waals surface area contributed by atoms with Gasteiger partial charge in [0, 0.05) is 24.9 Å². The first-order valence-corrected chi connectivity index (χ1v) is 8.37. The van der Waals surface area contributed by atoms with Gasteiger partial charge in [0.05, 0.1) is 25.5 Å². The molecule has 108 valence electrons. The van der Waals surface area contributed by atoms with Crippen LogP contribution in [0.25, 0.3) is 0 Å². The quantitative estimate of drug-likeness (QED) is 0.526. The summed E-state index contributed by atoms with van der Waals surface area (Å²) >= 11 is 1.42. The van der Waals surface area contributed by atoms with Crippen LogP contribution in [0.2, 0.25) is 0 Å². The number of sulfonamides is 1. The highest BCUT2D eigenvalue weighted by Gasteiger charge is 2.06. The number of methoxy groups -OCH3 is 1. The number of anilines is 1. The number of nitrogens with one attached hydrogen (secondary N) is 2. The lowest BCUT2D eigenvalue weighted by Gasteiger charge is -2.03. The van der Waals surface area contributed by atoms with Gasteiger partial charge in [-0.05, 0) is 0 Å². The first-order chi connectivity index (χ1) is 8.90. The van der Waals surface area contributed by atoms with Gasteiger partial charge in [0.15, 0.2) is 5.13 Å². The molecule has 0 amide bonds.